The summed E-state index contributed by atoms with van der Waals surface area (Å²) in [5.41, 5.74) is 0. The van der Waals surface area contributed by atoms with Gasteiger partial charge in [-0.05, 0) is 25.2 Å². The van der Waals surface area contributed by atoms with Crippen molar-refractivity contribution in [2.24, 2.45) is 5.92 Å². The summed E-state index contributed by atoms with van der Waals surface area (Å²) in [6, 6.07) is 0. The summed E-state index contributed by atoms with van der Waals surface area (Å²) in [4.78, 5) is 38.1. The third kappa shape index (κ3) is 49.7. The standard InChI is InChI=1S/C57H110O6/c1-5-8-10-12-14-16-18-20-22-24-25-27-32-36-40-44-48-55(58)61-51-54(52-62-56(59)49-45-41-37-33-30-29-31-35-39-43-47-53(4)7-3)63-57(60)50-46-42-38-34-28-26-23-21-19-17-15-13-11-9-6-2/h53-54H,5-52H2,1-4H3/t53?,54-/m1/s1. The predicted octanol–water partition coefficient (Wildman–Crippen LogP) is 18.6. The van der Waals surface area contributed by atoms with Crippen molar-refractivity contribution in [3.05, 3.63) is 0 Å². The second-order valence-electron chi connectivity index (χ2n) is 19.8. The highest BCUT2D eigenvalue weighted by Crippen LogP contribution is 2.18. The second kappa shape index (κ2) is 51.4. The maximum absolute atomic E-state index is 12.8. The molecule has 374 valence electrons. The van der Waals surface area contributed by atoms with Crippen LogP contribution in [0.4, 0.5) is 0 Å². The summed E-state index contributed by atoms with van der Waals surface area (Å²) in [5.74, 6) is 0.0327. The molecule has 0 saturated carbocycles. The summed E-state index contributed by atoms with van der Waals surface area (Å²) in [7, 11) is 0. The summed E-state index contributed by atoms with van der Waals surface area (Å²) in [6.45, 7) is 9.08. The number of rotatable bonds is 52. The smallest absolute Gasteiger partial charge is 0.306 e. The minimum absolute atomic E-state index is 0.0621. The van der Waals surface area contributed by atoms with Crippen LogP contribution in [-0.4, -0.2) is 37.2 Å². The van der Waals surface area contributed by atoms with E-state index in [2.05, 4.69) is 27.7 Å². The van der Waals surface area contributed by atoms with E-state index in [9.17, 15) is 14.4 Å². The quantitative estimate of drug-likeness (QED) is 0.0344. The Kier molecular flexibility index (Phi) is 50.1. The van der Waals surface area contributed by atoms with Crippen LogP contribution in [0.1, 0.15) is 323 Å². The molecule has 0 aliphatic rings. The number of ether oxygens (including phenoxy) is 3. The first-order valence-electron chi connectivity index (χ1n) is 28.4. The highest BCUT2D eigenvalue weighted by atomic mass is 16.6. The number of unbranched alkanes of at least 4 members (excludes halogenated alkanes) is 38. The molecule has 0 aromatic carbocycles. The van der Waals surface area contributed by atoms with Gasteiger partial charge in [0.05, 0.1) is 0 Å². The van der Waals surface area contributed by atoms with Gasteiger partial charge < -0.3 is 14.2 Å². The lowest BCUT2D eigenvalue weighted by Crippen LogP contribution is -2.30. The maximum Gasteiger partial charge on any atom is 0.306 e. The van der Waals surface area contributed by atoms with Crippen molar-refractivity contribution < 1.29 is 28.6 Å². The second-order valence-corrected chi connectivity index (χ2v) is 19.8. The molecule has 0 aromatic heterocycles. The molecule has 0 aliphatic carbocycles. The Balaban J connectivity index is 4.31. The fourth-order valence-corrected chi connectivity index (χ4v) is 8.72. The van der Waals surface area contributed by atoms with Crippen LogP contribution in [0.3, 0.4) is 0 Å². The molecule has 63 heavy (non-hydrogen) atoms. The van der Waals surface area contributed by atoms with Crippen LogP contribution in [0.15, 0.2) is 0 Å². The van der Waals surface area contributed by atoms with E-state index in [1.165, 1.54) is 218 Å². The zero-order chi connectivity index (χ0) is 45.9. The summed E-state index contributed by atoms with van der Waals surface area (Å²) in [5, 5.41) is 0. The van der Waals surface area contributed by atoms with Gasteiger partial charge in [-0.25, -0.2) is 0 Å². The van der Waals surface area contributed by atoms with Gasteiger partial charge in [-0.2, -0.15) is 0 Å². The molecule has 0 aliphatic heterocycles. The lowest BCUT2D eigenvalue weighted by molar-refractivity contribution is -0.167. The van der Waals surface area contributed by atoms with E-state index in [0.717, 1.165) is 63.7 Å². The molecule has 0 spiro atoms. The first kappa shape index (κ1) is 61.4. The minimum Gasteiger partial charge on any atom is -0.462 e. The van der Waals surface area contributed by atoms with Gasteiger partial charge in [-0.15, -0.1) is 0 Å². The van der Waals surface area contributed by atoms with Gasteiger partial charge in [0.15, 0.2) is 6.10 Å². The summed E-state index contributed by atoms with van der Waals surface area (Å²) < 4.78 is 16.9. The molecule has 1 unspecified atom stereocenters. The molecule has 0 aromatic rings. The molecule has 0 heterocycles. The Bertz CT molecular complexity index is 951. The largest absolute Gasteiger partial charge is 0.462 e. The van der Waals surface area contributed by atoms with Crippen LogP contribution >= 0.6 is 0 Å². The SMILES string of the molecule is CCCCCCCCCCCCCCCCCCC(=O)OC[C@H](COC(=O)CCCCCCCCCCCCC(C)CC)OC(=O)CCCCCCCCCCCCCCCCC. The van der Waals surface area contributed by atoms with E-state index in [-0.39, 0.29) is 31.1 Å². The van der Waals surface area contributed by atoms with Crippen molar-refractivity contribution >= 4 is 17.9 Å². The van der Waals surface area contributed by atoms with Gasteiger partial charge in [0.1, 0.15) is 13.2 Å². The Morgan fingerprint density at radius 1 is 0.317 bits per heavy atom. The van der Waals surface area contributed by atoms with Crippen LogP contribution < -0.4 is 0 Å². The fourth-order valence-electron chi connectivity index (χ4n) is 8.72. The molecule has 0 amide bonds. The molecule has 0 N–H and O–H groups in total. The monoisotopic (exact) mass is 891 g/mol. The Morgan fingerprint density at radius 3 is 0.825 bits per heavy atom. The molecular formula is C57H110O6. The third-order valence-electron chi connectivity index (χ3n) is 13.4. The highest BCUT2D eigenvalue weighted by Gasteiger charge is 2.19. The van der Waals surface area contributed by atoms with Crippen LogP contribution in [0.5, 0.6) is 0 Å². The van der Waals surface area contributed by atoms with Gasteiger partial charge in [0, 0.05) is 19.3 Å². The molecule has 6 nitrogen and oxygen atoms in total. The number of carbonyl (C=O) groups excluding carboxylic acids is 3. The Morgan fingerprint density at radius 2 is 0.556 bits per heavy atom. The van der Waals surface area contributed by atoms with E-state index < -0.39 is 6.10 Å². The third-order valence-corrected chi connectivity index (χ3v) is 13.4. The molecular weight excluding hydrogens is 781 g/mol. The zero-order valence-corrected chi connectivity index (χ0v) is 43.0. The van der Waals surface area contributed by atoms with Gasteiger partial charge in [-0.3, -0.25) is 14.4 Å². The van der Waals surface area contributed by atoms with Gasteiger partial charge in [0.25, 0.3) is 0 Å². The van der Waals surface area contributed by atoms with E-state index >= 15 is 0 Å². The first-order valence-corrected chi connectivity index (χ1v) is 28.4. The van der Waals surface area contributed by atoms with Crippen molar-refractivity contribution in [2.75, 3.05) is 13.2 Å². The molecule has 0 bridgehead atoms. The summed E-state index contributed by atoms with van der Waals surface area (Å²) >= 11 is 0. The molecule has 6 heteroatoms. The maximum atomic E-state index is 12.8. The van der Waals surface area contributed by atoms with E-state index in [4.69, 9.17) is 14.2 Å². The molecule has 0 saturated heterocycles. The fraction of sp³-hybridized carbons (Fsp3) is 0.947. The van der Waals surface area contributed by atoms with Crippen LogP contribution in [0, 0.1) is 5.92 Å². The number of esters is 3. The van der Waals surface area contributed by atoms with Crippen molar-refractivity contribution in [3.8, 4) is 0 Å². The van der Waals surface area contributed by atoms with Gasteiger partial charge in [-0.1, -0.05) is 285 Å². The number of hydrogen-bond donors (Lipinski definition) is 0. The van der Waals surface area contributed by atoms with Gasteiger partial charge >= 0.3 is 17.9 Å². The van der Waals surface area contributed by atoms with E-state index in [0.29, 0.717) is 19.3 Å². The highest BCUT2D eigenvalue weighted by molar-refractivity contribution is 5.71. The molecule has 0 fully saturated rings. The molecule has 2 atom stereocenters. The first-order chi connectivity index (χ1) is 30.9. The Labute approximate surface area is 393 Å². The lowest BCUT2D eigenvalue weighted by Gasteiger charge is -2.18. The number of carbonyl (C=O) groups is 3. The van der Waals surface area contributed by atoms with Crippen molar-refractivity contribution in [2.45, 2.75) is 329 Å². The normalized spacial score (nSPS) is 12.4. The average molecular weight is 892 g/mol. The van der Waals surface area contributed by atoms with Crippen molar-refractivity contribution in [1.82, 2.24) is 0 Å². The Hall–Kier alpha value is -1.59. The molecule has 0 rings (SSSR count). The zero-order valence-electron chi connectivity index (χ0n) is 43.0. The van der Waals surface area contributed by atoms with E-state index in [1.54, 1.807) is 0 Å². The topological polar surface area (TPSA) is 78.9 Å². The van der Waals surface area contributed by atoms with E-state index in [1.807, 2.05) is 0 Å². The summed E-state index contributed by atoms with van der Waals surface area (Å²) in [6.07, 6.45) is 55.1. The lowest BCUT2D eigenvalue weighted by atomic mass is 9.99. The predicted molar refractivity (Wildman–Crippen MR) is 270 cm³/mol. The van der Waals surface area contributed by atoms with Crippen LogP contribution in [0.25, 0.3) is 0 Å². The minimum atomic E-state index is -0.761. The average Bonchev–Trinajstić information content (AvgIpc) is 3.28. The number of hydrogen-bond acceptors (Lipinski definition) is 6. The van der Waals surface area contributed by atoms with Crippen LogP contribution in [0.2, 0.25) is 0 Å². The van der Waals surface area contributed by atoms with Crippen molar-refractivity contribution in [3.63, 3.8) is 0 Å². The van der Waals surface area contributed by atoms with Crippen molar-refractivity contribution in [1.29, 1.82) is 0 Å². The van der Waals surface area contributed by atoms with Gasteiger partial charge in [0.2, 0.25) is 0 Å². The van der Waals surface area contributed by atoms with Crippen LogP contribution in [-0.2, 0) is 28.6 Å². The molecule has 0 radical (unpaired) electrons.